The predicted molar refractivity (Wildman–Crippen MR) is 136 cm³/mol. The van der Waals surface area contributed by atoms with Crippen LogP contribution in [-0.2, 0) is 22.7 Å². The maximum absolute atomic E-state index is 14.5. The lowest BCUT2D eigenvalue weighted by Gasteiger charge is -2.40. The van der Waals surface area contributed by atoms with Crippen molar-refractivity contribution in [2.45, 2.75) is 51.1 Å². The summed E-state index contributed by atoms with van der Waals surface area (Å²) >= 11 is 0. The van der Waals surface area contributed by atoms with Gasteiger partial charge in [-0.25, -0.2) is 4.39 Å². The van der Waals surface area contributed by atoms with Crippen molar-refractivity contribution in [2.75, 3.05) is 19.0 Å². The number of nitrogens with zero attached hydrogens (tertiary/aromatic N) is 1. The summed E-state index contributed by atoms with van der Waals surface area (Å²) in [5, 5.41) is 5.80. The van der Waals surface area contributed by atoms with E-state index in [0.29, 0.717) is 37.3 Å². The maximum atomic E-state index is 14.5. The van der Waals surface area contributed by atoms with Crippen LogP contribution >= 0.6 is 0 Å². The molecule has 0 spiro atoms. The number of anilines is 1. The van der Waals surface area contributed by atoms with Crippen LogP contribution in [0.25, 0.3) is 6.08 Å². The van der Waals surface area contributed by atoms with Gasteiger partial charge < -0.3 is 10.1 Å². The number of piperidine rings is 1. The number of benzene rings is 2. The van der Waals surface area contributed by atoms with Crippen molar-refractivity contribution in [3.05, 3.63) is 65.5 Å². The molecule has 34 heavy (non-hydrogen) atoms. The molecule has 0 saturated carbocycles. The molecule has 0 radical (unpaired) electrons. The van der Waals surface area contributed by atoms with E-state index in [1.807, 2.05) is 38.0 Å². The van der Waals surface area contributed by atoms with Gasteiger partial charge in [0.05, 0.1) is 12.0 Å². The SMILES string of the molecule is BC1(N(C)Cc2c(C=C)cccc2NCc2cc(OCCCC)ccc2F)CCC(=O)NC1=O. The summed E-state index contributed by atoms with van der Waals surface area (Å²) in [6.45, 7) is 7.35. The van der Waals surface area contributed by atoms with Gasteiger partial charge in [0, 0.05) is 30.8 Å². The van der Waals surface area contributed by atoms with Crippen molar-refractivity contribution in [2.24, 2.45) is 0 Å². The highest BCUT2D eigenvalue weighted by Gasteiger charge is 2.41. The molecule has 180 valence electrons. The molecule has 2 aromatic carbocycles. The van der Waals surface area contributed by atoms with Crippen LogP contribution in [0.5, 0.6) is 5.75 Å². The fraction of sp³-hybridized carbons (Fsp3) is 0.385. The van der Waals surface area contributed by atoms with Crippen LogP contribution in [0.1, 0.15) is 49.3 Å². The minimum Gasteiger partial charge on any atom is -0.494 e. The standard InChI is InChI=1S/C26H33BFN3O3/c1-4-6-14-34-20-10-11-22(28)19(15-20)16-29-23-9-7-8-18(5-2)21(23)17-31(3)26(27)13-12-24(32)30-25(26)33/h5,7-11,15,29H,2,4,6,12-14,16-17,27H2,1,3H3,(H,30,32,33). The fourth-order valence-corrected chi connectivity index (χ4v) is 4.01. The largest absolute Gasteiger partial charge is 0.494 e. The number of imide groups is 1. The molecule has 8 heteroatoms. The highest BCUT2D eigenvalue weighted by molar-refractivity contribution is 6.30. The molecule has 1 unspecified atom stereocenters. The van der Waals surface area contributed by atoms with E-state index in [-0.39, 0.29) is 24.2 Å². The van der Waals surface area contributed by atoms with Crippen molar-refractivity contribution < 1.29 is 18.7 Å². The number of rotatable bonds is 11. The Morgan fingerprint density at radius 1 is 1.32 bits per heavy atom. The van der Waals surface area contributed by atoms with E-state index in [9.17, 15) is 14.0 Å². The Kier molecular flexibility index (Phi) is 8.50. The van der Waals surface area contributed by atoms with Crippen molar-refractivity contribution in [1.82, 2.24) is 10.2 Å². The fourth-order valence-electron chi connectivity index (χ4n) is 4.01. The van der Waals surface area contributed by atoms with E-state index in [1.54, 1.807) is 18.2 Å². The second-order valence-corrected chi connectivity index (χ2v) is 8.89. The minimum absolute atomic E-state index is 0.243. The number of carbonyl (C=O) groups is 2. The Morgan fingerprint density at radius 2 is 2.12 bits per heavy atom. The average molecular weight is 465 g/mol. The Hall–Kier alpha value is -3.13. The summed E-state index contributed by atoms with van der Waals surface area (Å²) in [6, 6.07) is 10.6. The Morgan fingerprint density at radius 3 is 2.82 bits per heavy atom. The van der Waals surface area contributed by atoms with Crippen molar-refractivity contribution >= 4 is 31.4 Å². The first kappa shape index (κ1) is 25.5. The Balaban J connectivity index is 1.79. The molecule has 1 aliphatic heterocycles. The summed E-state index contributed by atoms with van der Waals surface area (Å²) in [7, 11) is 3.72. The predicted octanol–water partition coefficient (Wildman–Crippen LogP) is 3.46. The van der Waals surface area contributed by atoms with Crippen LogP contribution in [0.4, 0.5) is 10.1 Å². The van der Waals surface area contributed by atoms with Gasteiger partial charge in [0.15, 0.2) is 0 Å². The molecule has 2 amide bonds. The number of ether oxygens (including phenoxy) is 1. The number of unbranched alkanes of at least 4 members (excludes halogenated alkanes) is 1. The van der Waals surface area contributed by atoms with Gasteiger partial charge in [0.1, 0.15) is 19.4 Å². The van der Waals surface area contributed by atoms with Gasteiger partial charge in [-0.05, 0) is 55.3 Å². The molecule has 0 bridgehead atoms. The lowest BCUT2D eigenvalue weighted by molar-refractivity contribution is -0.139. The smallest absolute Gasteiger partial charge is 0.238 e. The highest BCUT2D eigenvalue weighted by Crippen LogP contribution is 2.29. The van der Waals surface area contributed by atoms with Gasteiger partial charge in [0.2, 0.25) is 11.8 Å². The monoisotopic (exact) mass is 465 g/mol. The number of carbonyl (C=O) groups excluding carboxylic acids is 2. The summed E-state index contributed by atoms with van der Waals surface area (Å²) in [5.74, 6) is -0.186. The van der Waals surface area contributed by atoms with E-state index in [4.69, 9.17) is 4.74 Å². The summed E-state index contributed by atoms with van der Waals surface area (Å²) < 4.78 is 20.2. The third-order valence-corrected chi connectivity index (χ3v) is 6.50. The molecule has 1 aliphatic rings. The molecule has 1 fully saturated rings. The number of likely N-dealkylation sites (N-methyl/N-ethyl adjacent to an activating group) is 1. The Labute approximate surface area is 202 Å². The van der Waals surface area contributed by atoms with E-state index < -0.39 is 5.44 Å². The van der Waals surface area contributed by atoms with Crippen LogP contribution < -0.4 is 15.4 Å². The van der Waals surface area contributed by atoms with Gasteiger partial charge in [-0.1, -0.05) is 38.1 Å². The Bertz CT molecular complexity index is 1060. The summed E-state index contributed by atoms with van der Waals surface area (Å²) in [6.07, 6.45) is 4.49. The summed E-state index contributed by atoms with van der Waals surface area (Å²) in [5.41, 5.74) is 2.40. The molecule has 0 aliphatic carbocycles. The molecule has 2 N–H and O–H groups in total. The number of nitrogens with one attached hydrogen (secondary N) is 2. The van der Waals surface area contributed by atoms with Gasteiger partial charge in [0.25, 0.3) is 0 Å². The zero-order chi connectivity index (χ0) is 24.7. The topological polar surface area (TPSA) is 70.7 Å². The quantitative estimate of drug-likeness (QED) is 0.302. The molecule has 0 aromatic heterocycles. The molecule has 6 nitrogen and oxygen atoms in total. The number of hydrogen-bond donors (Lipinski definition) is 2. The van der Waals surface area contributed by atoms with Crippen molar-refractivity contribution in [3.8, 4) is 5.75 Å². The minimum atomic E-state index is -0.810. The van der Waals surface area contributed by atoms with Gasteiger partial charge in [-0.2, -0.15) is 0 Å². The normalized spacial score (nSPS) is 18.0. The zero-order valence-corrected chi connectivity index (χ0v) is 20.2. The average Bonchev–Trinajstić information content (AvgIpc) is 2.82. The molecule has 1 heterocycles. The van der Waals surface area contributed by atoms with Gasteiger partial charge in [-0.15, -0.1) is 0 Å². The second-order valence-electron chi connectivity index (χ2n) is 8.89. The third-order valence-electron chi connectivity index (χ3n) is 6.50. The van der Waals surface area contributed by atoms with Crippen LogP contribution in [0, 0.1) is 5.82 Å². The highest BCUT2D eigenvalue weighted by atomic mass is 19.1. The van der Waals surface area contributed by atoms with Crippen molar-refractivity contribution in [1.29, 1.82) is 0 Å². The molecule has 1 saturated heterocycles. The first-order chi connectivity index (χ1) is 16.3. The van der Waals surface area contributed by atoms with Crippen molar-refractivity contribution in [3.63, 3.8) is 0 Å². The molecule has 3 rings (SSSR count). The van der Waals surface area contributed by atoms with Crippen LogP contribution in [0.3, 0.4) is 0 Å². The molecule has 1 atom stereocenters. The third kappa shape index (κ3) is 5.86. The molecular weight excluding hydrogens is 432 g/mol. The number of hydrogen-bond acceptors (Lipinski definition) is 5. The van der Waals surface area contributed by atoms with Crippen LogP contribution in [-0.4, -0.2) is 43.7 Å². The number of halogens is 1. The van der Waals surface area contributed by atoms with E-state index in [1.165, 1.54) is 6.07 Å². The summed E-state index contributed by atoms with van der Waals surface area (Å²) in [4.78, 5) is 26.2. The maximum Gasteiger partial charge on any atom is 0.238 e. The van der Waals surface area contributed by atoms with Crippen LogP contribution in [0.2, 0.25) is 0 Å². The van der Waals surface area contributed by atoms with E-state index in [0.717, 1.165) is 29.7 Å². The molecular formula is C26H33BFN3O3. The lowest BCUT2D eigenvalue weighted by Crippen LogP contribution is -2.62. The first-order valence-electron chi connectivity index (χ1n) is 11.7. The first-order valence-corrected chi connectivity index (χ1v) is 11.7. The number of amides is 2. The zero-order valence-electron chi connectivity index (χ0n) is 20.2. The lowest BCUT2D eigenvalue weighted by atomic mass is 9.70. The van der Waals surface area contributed by atoms with E-state index >= 15 is 0 Å². The molecule has 2 aromatic rings. The van der Waals surface area contributed by atoms with E-state index in [2.05, 4.69) is 24.1 Å². The van der Waals surface area contributed by atoms with Gasteiger partial charge >= 0.3 is 0 Å². The van der Waals surface area contributed by atoms with Gasteiger partial charge in [-0.3, -0.25) is 19.8 Å². The second kappa shape index (κ2) is 11.3. The van der Waals surface area contributed by atoms with Crippen LogP contribution in [0.15, 0.2) is 43.0 Å².